The zero-order chi connectivity index (χ0) is 24.3. The Bertz CT molecular complexity index is 1280. The number of carbonyl (C=O) groups is 1. The number of benzene rings is 3. The topological polar surface area (TPSA) is 66.9 Å². The van der Waals surface area contributed by atoms with Gasteiger partial charge in [0.1, 0.15) is 5.75 Å². The Labute approximate surface area is 214 Å². The molecule has 0 radical (unpaired) electrons. The van der Waals surface area contributed by atoms with E-state index < -0.39 is 22.1 Å². The van der Waals surface area contributed by atoms with Gasteiger partial charge in [-0.05, 0) is 48.9 Å². The fourth-order valence-electron chi connectivity index (χ4n) is 3.79. The summed E-state index contributed by atoms with van der Waals surface area (Å²) in [7, 11) is -2.54. The van der Waals surface area contributed by atoms with E-state index in [1.54, 1.807) is 61.7 Å². The quantitative estimate of drug-likeness (QED) is 0.281. The fraction of sp³-hybridized carbons (Fsp3) is 0.192. The molecule has 0 saturated carbocycles. The number of hydrogen-bond acceptors (Lipinski definition) is 4. The smallest absolute Gasteiger partial charge is 0.339 e. The molecule has 3 aromatic carbocycles. The van der Waals surface area contributed by atoms with E-state index in [9.17, 15) is 13.2 Å². The highest BCUT2D eigenvalue weighted by Crippen LogP contribution is 2.33. The zero-order valence-electron chi connectivity index (χ0n) is 18.8. The molecule has 2 amide bonds. The van der Waals surface area contributed by atoms with Crippen LogP contribution in [0.25, 0.3) is 6.08 Å². The number of anilines is 1. The summed E-state index contributed by atoms with van der Waals surface area (Å²) in [6, 6.07) is 22.0. The molecule has 2 atom stereocenters. The Kier molecular flexibility index (Phi) is 7.27. The summed E-state index contributed by atoms with van der Waals surface area (Å²) in [6.07, 6.45) is 3.67. The van der Waals surface area contributed by atoms with E-state index in [0.717, 1.165) is 15.4 Å². The molecule has 0 spiro atoms. The molecule has 176 valence electrons. The number of carbonyl (C=O) groups excluding carboxylic acids is 1. The summed E-state index contributed by atoms with van der Waals surface area (Å²) >= 11 is 2.23. The highest BCUT2D eigenvalue weighted by atomic mass is 127. The number of alkyl halides is 1. The van der Waals surface area contributed by atoms with Crippen molar-refractivity contribution < 1.29 is 17.9 Å². The Morgan fingerprint density at radius 2 is 1.62 bits per heavy atom. The van der Waals surface area contributed by atoms with Gasteiger partial charge in [-0.2, -0.15) is 0 Å². The Morgan fingerprint density at radius 3 is 2.24 bits per heavy atom. The molecule has 6 nitrogen and oxygen atoms in total. The van der Waals surface area contributed by atoms with Crippen LogP contribution in [-0.2, 0) is 10.0 Å². The number of ether oxygens (including phenoxy) is 1. The molecule has 1 saturated heterocycles. The van der Waals surface area contributed by atoms with Crippen LogP contribution in [0.15, 0.2) is 89.8 Å². The van der Waals surface area contributed by atoms with E-state index >= 15 is 0 Å². The first-order valence-electron chi connectivity index (χ1n) is 10.8. The van der Waals surface area contributed by atoms with Crippen LogP contribution in [0, 0.1) is 6.92 Å². The first-order chi connectivity index (χ1) is 16.3. The number of hydrogen-bond donors (Lipinski definition) is 0. The molecule has 1 heterocycles. The van der Waals surface area contributed by atoms with E-state index in [1.807, 2.05) is 43.3 Å². The van der Waals surface area contributed by atoms with Crippen molar-refractivity contribution in [3.05, 3.63) is 96.1 Å². The van der Waals surface area contributed by atoms with Crippen LogP contribution in [0.3, 0.4) is 0 Å². The van der Waals surface area contributed by atoms with Crippen LogP contribution >= 0.6 is 22.6 Å². The lowest BCUT2D eigenvalue weighted by molar-refractivity contribution is 0.216. The molecule has 1 fully saturated rings. The molecule has 0 aromatic heterocycles. The maximum absolute atomic E-state index is 13.8. The number of rotatable bonds is 6. The van der Waals surface area contributed by atoms with Gasteiger partial charge in [-0.25, -0.2) is 17.5 Å². The van der Waals surface area contributed by atoms with Gasteiger partial charge in [-0.15, -0.1) is 0 Å². The van der Waals surface area contributed by atoms with Gasteiger partial charge >= 0.3 is 6.03 Å². The average Bonchev–Trinajstić information content (AvgIpc) is 2.85. The van der Waals surface area contributed by atoms with Crippen molar-refractivity contribution >= 4 is 50.4 Å². The molecule has 3 aromatic rings. The second-order valence-corrected chi connectivity index (χ2v) is 11.4. The highest BCUT2D eigenvalue weighted by Gasteiger charge is 2.45. The number of halogens is 1. The predicted octanol–water partition coefficient (Wildman–Crippen LogP) is 5.52. The number of urea groups is 1. The van der Waals surface area contributed by atoms with Crippen LogP contribution in [0.2, 0.25) is 0 Å². The lowest BCUT2D eigenvalue weighted by atomic mass is 10.1. The number of amides is 2. The zero-order valence-corrected chi connectivity index (χ0v) is 21.8. The number of methoxy groups -OCH3 is 1. The van der Waals surface area contributed by atoms with Crippen LogP contribution < -0.4 is 9.64 Å². The molecule has 8 heteroatoms. The fourth-order valence-corrected chi connectivity index (χ4v) is 6.51. The summed E-state index contributed by atoms with van der Waals surface area (Å²) in [5.74, 6) is 0.659. The monoisotopic (exact) mass is 588 g/mol. The standard InChI is InChI=1S/C26H25IN2O4S/c1-19-8-15-23(16-9-19)34(31,32)29-25(17-10-20-6-4-3-5-7-20)24(27)18-28(26(29)30)21-11-13-22(33-2)14-12-21/h3-17,24-25H,18H2,1-2H3/b17-10+/t24-,25+/m0/s1. The molecule has 0 bridgehead atoms. The predicted molar refractivity (Wildman–Crippen MR) is 143 cm³/mol. The maximum atomic E-state index is 13.8. The van der Waals surface area contributed by atoms with E-state index in [2.05, 4.69) is 22.6 Å². The minimum Gasteiger partial charge on any atom is -0.497 e. The van der Waals surface area contributed by atoms with Gasteiger partial charge in [0.05, 0.1) is 22.0 Å². The van der Waals surface area contributed by atoms with Crippen LogP contribution in [0.1, 0.15) is 11.1 Å². The van der Waals surface area contributed by atoms with Gasteiger partial charge in [-0.3, -0.25) is 4.90 Å². The van der Waals surface area contributed by atoms with Gasteiger partial charge in [0.2, 0.25) is 0 Å². The van der Waals surface area contributed by atoms with Crippen molar-refractivity contribution in [3.8, 4) is 5.75 Å². The van der Waals surface area contributed by atoms with Gasteiger partial charge in [0.25, 0.3) is 10.0 Å². The van der Waals surface area contributed by atoms with Crippen molar-refractivity contribution in [2.24, 2.45) is 0 Å². The minimum atomic E-state index is -4.11. The van der Waals surface area contributed by atoms with Crippen molar-refractivity contribution in [1.29, 1.82) is 0 Å². The molecule has 1 aliphatic heterocycles. The Balaban J connectivity index is 1.77. The van der Waals surface area contributed by atoms with E-state index in [1.165, 1.54) is 4.90 Å². The van der Waals surface area contributed by atoms with Crippen LogP contribution in [-0.4, -0.2) is 42.4 Å². The molecule has 34 heavy (non-hydrogen) atoms. The second kappa shape index (κ2) is 10.2. The van der Waals surface area contributed by atoms with E-state index in [4.69, 9.17) is 4.74 Å². The number of nitrogens with zero attached hydrogens (tertiary/aromatic N) is 2. The summed E-state index contributed by atoms with van der Waals surface area (Å²) in [5.41, 5.74) is 2.49. The van der Waals surface area contributed by atoms with Crippen molar-refractivity contribution in [3.63, 3.8) is 0 Å². The third-order valence-electron chi connectivity index (χ3n) is 5.67. The van der Waals surface area contributed by atoms with E-state index in [-0.39, 0.29) is 8.82 Å². The maximum Gasteiger partial charge on any atom is 0.339 e. The second-order valence-electron chi connectivity index (χ2n) is 7.98. The molecular weight excluding hydrogens is 563 g/mol. The number of sulfonamides is 1. The third-order valence-corrected chi connectivity index (χ3v) is 8.58. The normalized spacial score (nSPS) is 19.0. The summed E-state index contributed by atoms with van der Waals surface area (Å²) in [5, 5.41) is 0. The molecule has 0 aliphatic carbocycles. The molecular formula is C26H25IN2O4S. The van der Waals surface area contributed by atoms with Crippen molar-refractivity contribution in [2.75, 3.05) is 18.6 Å². The Hall–Kier alpha value is -2.85. The molecule has 1 aliphatic rings. The number of aryl methyl sites for hydroxylation is 1. The SMILES string of the molecule is COc1ccc(N2C[C@H](I)[C@@H](/C=C/c3ccccc3)N(S(=O)(=O)c3ccc(C)cc3)C2=O)cc1. The minimum absolute atomic E-state index is 0.0877. The van der Waals surface area contributed by atoms with Gasteiger partial charge in [-0.1, -0.05) is 82.8 Å². The van der Waals surface area contributed by atoms with Crippen molar-refractivity contribution in [1.82, 2.24) is 4.31 Å². The van der Waals surface area contributed by atoms with Gasteiger partial charge in [0.15, 0.2) is 0 Å². The summed E-state index contributed by atoms with van der Waals surface area (Å²) in [4.78, 5) is 15.3. The first-order valence-corrected chi connectivity index (χ1v) is 13.4. The van der Waals surface area contributed by atoms with E-state index in [0.29, 0.717) is 18.0 Å². The first kappa shape index (κ1) is 24.3. The summed E-state index contributed by atoms with van der Waals surface area (Å²) < 4.78 is 33.6. The average molecular weight is 588 g/mol. The molecule has 4 rings (SSSR count). The largest absolute Gasteiger partial charge is 0.497 e. The molecule has 0 unspecified atom stereocenters. The highest BCUT2D eigenvalue weighted by molar-refractivity contribution is 14.1. The van der Waals surface area contributed by atoms with Crippen LogP contribution in [0.5, 0.6) is 5.75 Å². The van der Waals surface area contributed by atoms with Crippen LogP contribution in [0.4, 0.5) is 10.5 Å². The third kappa shape index (κ3) is 4.97. The summed E-state index contributed by atoms with van der Waals surface area (Å²) in [6.45, 7) is 2.26. The lowest BCUT2D eigenvalue weighted by Gasteiger charge is -2.42. The van der Waals surface area contributed by atoms with Gasteiger partial charge < -0.3 is 4.74 Å². The lowest BCUT2D eigenvalue weighted by Crippen LogP contribution is -2.60. The molecule has 0 N–H and O–H groups in total. The Morgan fingerprint density at radius 1 is 0.971 bits per heavy atom. The van der Waals surface area contributed by atoms with Crippen molar-refractivity contribution in [2.45, 2.75) is 21.8 Å². The van der Waals surface area contributed by atoms with Gasteiger partial charge in [0, 0.05) is 12.2 Å².